The van der Waals surface area contributed by atoms with Gasteiger partial charge in [0.05, 0.1) is 4.47 Å². The molecule has 0 bridgehead atoms. The first-order valence-electron chi connectivity index (χ1n) is 6.01. The number of hydrogen-bond donors (Lipinski definition) is 2. The second kappa shape index (κ2) is 6.04. The van der Waals surface area contributed by atoms with Crippen molar-refractivity contribution in [2.24, 2.45) is 0 Å². The van der Waals surface area contributed by atoms with Crippen LogP contribution in [0.2, 0.25) is 0 Å². The van der Waals surface area contributed by atoms with Crippen molar-refractivity contribution in [1.82, 2.24) is 19.8 Å². The maximum absolute atomic E-state index is 12.1. The molecular formula is C11H13BrN4O4. The molecule has 1 fully saturated rings. The molecule has 9 heteroatoms. The van der Waals surface area contributed by atoms with Crippen LogP contribution in [0.3, 0.4) is 0 Å². The SMILES string of the molecule is O=C1CCN(C(=O)Cn2cc(Br)c(=O)[nH]c2=O)CCN1. The average molecular weight is 345 g/mol. The minimum atomic E-state index is -0.643. The molecule has 2 heterocycles. The maximum Gasteiger partial charge on any atom is 0.328 e. The number of rotatable bonds is 2. The summed E-state index contributed by atoms with van der Waals surface area (Å²) in [5.41, 5.74) is -1.18. The Labute approximate surface area is 121 Å². The second-order valence-electron chi connectivity index (χ2n) is 4.34. The van der Waals surface area contributed by atoms with Gasteiger partial charge in [-0.25, -0.2) is 4.79 Å². The Morgan fingerprint density at radius 2 is 2.05 bits per heavy atom. The van der Waals surface area contributed by atoms with E-state index < -0.39 is 11.2 Å². The van der Waals surface area contributed by atoms with E-state index in [1.54, 1.807) is 0 Å². The van der Waals surface area contributed by atoms with E-state index in [1.165, 1.54) is 11.1 Å². The van der Waals surface area contributed by atoms with E-state index in [9.17, 15) is 19.2 Å². The Balaban J connectivity index is 2.11. The number of carbonyl (C=O) groups is 2. The van der Waals surface area contributed by atoms with Crippen LogP contribution in [-0.4, -0.2) is 45.9 Å². The van der Waals surface area contributed by atoms with E-state index in [0.717, 1.165) is 4.57 Å². The lowest BCUT2D eigenvalue weighted by molar-refractivity contribution is -0.131. The Morgan fingerprint density at radius 3 is 2.80 bits per heavy atom. The molecule has 0 unspecified atom stereocenters. The molecule has 0 atom stereocenters. The quantitative estimate of drug-likeness (QED) is 0.691. The number of aromatic amines is 1. The second-order valence-corrected chi connectivity index (χ2v) is 5.20. The zero-order chi connectivity index (χ0) is 14.7. The third-order valence-corrected chi connectivity index (χ3v) is 3.50. The van der Waals surface area contributed by atoms with Gasteiger partial charge in [0.25, 0.3) is 5.56 Å². The van der Waals surface area contributed by atoms with Gasteiger partial charge >= 0.3 is 5.69 Å². The normalized spacial score (nSPS) is 15.7. The van der Waals surface area contributed by atoms with E-state index in [-0.39, 0.29) is 29.3 Å². The smallest absolute Gasteiger partial charge is 0.328 e. The standard InChI is InChI=1S/C11H13BrN4O4/c12-7-5-16(11(20)14-10(7)19)6-9(18)15-3-1-8(17)13-2-4-15/h5H,1-4,6H2,(H,13,17)(H,14,19,20). The number of H-pyrrole nitrogens is 1. The van der Waals surface area contributed by atoms with Crippen molar-refractivity contribution in [3.8, 4) is 0 Å². The van der Waals surface area contributed by atoms with Gasteiger partial charge in [-0.15, -0.1) is 0 Å². The van der Waals surface area contributed by atoms with Crippen LogP contribution >= 0.6 is 15.9 Å². The monoisotopic (exact) mass is 344 g/mol. The van der Waals surface area contributed by atoms with Gasteiger partial charge in [0.15, 0.2) is 0 Å². The molecule has 8 nitrogen and oxygen atoms in total. The minimum Gasteiger partial charge on any atom is -0.354 e. The molecule has 1 saturated heterocycles. The molecule has 0 radical (unpaired) electrons. The zero-order valence-corrected chi connectivity index (χ0v) is 12.1. The zero-order valence-electron chi connectivity index (χ0n) is 10.5. The van der Waals surface area contributed by atoms with Crippen molar-refractivity contribution < 1.29 is 9.59 Å². The lowest BCUT2D eigenvalue weighted by Crippen LogP contribution is -2.40. The lowest BCUT2D eigenvalue weighted by atomic mass is 10.3. The molecule has 1 aromatic rings. The van der Waals surface area contributed by atoms with Crippen LogP contribution in [0.4, 0.5) is 0 Å². The maximum atomic E-state index is 12.1. The van der Waals surface area contributed by atoms with E-state index >= 15 is 0 Å². The van der Waals surface area contributed by atoms with E-state index in [2.05, 4.69) is 26.2 Å². The topological polar surface area (TPSA) is 104 Å². The fourth-order valence-corrected chi connectivity index (χ4v) is 2.21. The summed E-state index contributed by atoms with van der Waals surface area (Å²) >= 11 is 3.00. The average Bonchev–Trinajstić information content (AvgIpc) is 2.61. The largest absolute Gasteiger partial charge is 0.354 e. The molecule has 1 aliphatic rings. The highest BCUT2D eigenvalue weighted by Gasteiger charge is 2.19. The highest BCUT2D eigenvalue weighted by Crippen LogP contribution is 2.01. The number of aromatic nitrogens is 2. The molecule has 20 heavy (non-hydrogen) atoms. The number of hydrogen-bond acceptors (Lipinski definition) is 4. The van der Waals surface area contributed by atoms with E-state index in [0.29, 0.717) is 19.6 Å². The van der Waals surface area contributed by atoms with Gasteiger partial charge in [-0.2, -0.15) is 0 Å². The van der Waals surface area contributed by atoms with Crippen LogP contribution in [-0.2, 0) is 16.1 Å². The van der Waals surface area contributed by atoms with Crippen molar-refractivity contribution in [3.63, 3.8) is 0 Å². The molecule has 0 saturated carbocycles. The molecule has 0 spiro atoms. The van der Waals surface area contributed by atoms with Gasteiger partial charge < -0.3 is 10.2 Å². The summed E-state index contributed by atoms with van der Waals surface area (Å²) < 4.78 is 1.30. The summed E-state index contributed by atoms with van der Waals surface area (Å²) in [7, 11) is 0. The number of halogens is 1. The van der Waals surface area contributed by atoms with Crippen molar-refractivity contribution >= 4 is 27.7 Å². The van der Waals surface area contributed by atoms with Gasteiger partial charge in [-0.05, 0) is 15.9 Å². The summed E-state index contributed by atoms with van der Waals surface area (Å²) in [5.74, 6) is -0.369. The van der Waals surface area contributed by atoms with Crippen LogP contribution in [0, 0.1) is 0 Å². The predicted octanol–water partition coefficient (Wildman–Crippen LogP) is -1.35. The fraction of sp³-hybridized carbons (Fsp3) is 0.455. The van der Waals surface area contributed by atoms with E-state index in [4.69, 9.17) is 0 Å². The first-order chi connectivity index (χ1) is 9.47. The lowest BCUT2D eigenvalue weighted by Gasteiger charge is -2.19. The molecule has 108 valence electrons. The number of carbonyl (C=O) groups excluding carboxylic acids is 2. The highest BCUT2D eigenvalue weighted by molar-refractivity contribution is 9.10. The van der Waals surface area contributed by atoms with Crippen LogP contribution in [0.1, 0.15) is 6.42 Å². The summed E-state index contributed by atoms with van der Waals surface area (Å²) in [4.78, 5) is 49.7. The molecule has 2 N–H and O–H groups in total. The number of amides is 2. The Kier molecular flexibility index (Phi) is 4.38. The fourth-order valence-electron chi connectivity index (χ4n) is 1.86. The Morgan fingerprint density at radius 1 is 1.30 bits per heavy atom. The first kappa shape index (κ1) is 14.5. The summed E-state index contributed by atoms with van der Waals surface area (Å²) in [5, 5.41) is 2.66. The number of nitrogens with one attached hydrogen (secondary N) is 2. The molecule has 2 amide bonds. The third-order valence-electron chi connectivity index (χ3n) is 2.94. The van der Waals surface area contributed by atoms with Gasteiger partial charge in [-0.3, -0.25) is 23.9 Å². The van der Waals surface area contributed by atoms with Crippen molar-refractivity contribution in [2.75, 3.05) is 19.6 Å². The molecule has 1 aliphatic heterocycles. The Hall–Kier alpha value is -1.90. The van der Waals surface area contributed by atoms with Gasteiger partial charge in [0, 0.05) is 32.3 Å². The van der Waals surface area contributed by atoms with Gasteiger partial charge in [0.1, 0.15) is 6.54 Å². The van der Waals surface area contributed by atoms with E-state index in [1.807, 2.05) is 0 Å². The number of nitrogens with zero attached hydrogens (tertiary/aromatic N) is 2. The van der Waals surface area contributed by atoms with Crippen LogP contribution in [0.25, 0.3) is 0 Å². The Bertz CT molecular complexity index is 651. The van der Waals surface area contributed by atoms with Crippen LogP contribution in [0.5, 0.6) is 0 Å². The first-order valence-corrected chi connectivity index (χ1v) is 6.80. The molecule has 2 rings (SSSR count). The molecule has 0 aliphatic carbocycles. The third kappa shape index (κ3) is 3.35. The van der Waals surface area contributed by atoms with Gasteiger partial charge in [-0.1, -0.05) is 0 Å². The summed E-state index contributed by atoms with van der Waals surface area (Å²) in [6.07, 6.45) is 1.52. The summed E-state index contributed by atoms with van der Waals surface area (Å²) in [6.45, 7) is 0.949. The van der Waals surface area contributed by atoms with Crippen molar-refractivity contribution in [3.05, 3.63) is 31.5 Å². The van der Waals surface area contributed by atoms with Crippen LogP contribution in [0.15, 0.2) is 20.3 Å². The highest BCUT2D eigenvalue weighted by atomic mass is 79.9. The molecule has 1 aromatic heterocycles. The van der Waals surface area contributed by atoms with Gasteiger partial charge in [0.2, 0.25) is 11.8 Å². The molecule has 0 aromatic carbocycles. The summed E-state index contributed by atoms with van der Waals surface area (Å²) in [6, 6.07) is 0. The molecular weight excluding hydrogens is 332 g/mol. The van der Waals surface area contributed by atoms with Crippen molar-refractivity contribution in [2.45, 2.75) is 13.0 Å². The van der Waals surface area contributed by atoms with Crippen LogP contribution < -0.4 is 16.6 Å². The minimum absolute atomic E-state index is 0.0933. The predicted molar refractivity (Wildman–Crippen MR) is 73.2 cm³/mol. The van der Waals surface area contributed by atoms with Crippen molar-refractivity contribution in [1.29, 1.82) is 0 Å².